The quantitative estimate of drug-likeness (QED) is 0.494. The monoisotopic (exact) mass is 451 g/mol. The van der Waals surface area contributed by atoms with E-state index in [1.807, 2.05) is 12.1 Å². The van der Waals surface area contributed by atoms with Gasteiger partial charge in [0.1, 0.15) is 4.21 Å². The number of thiophene rings is 1. The average Bonchev–Trinajstić information content (AvgIpc) is 3.31. The van der Waals surface area contributed by atoms with Gasteiger partial charge in [0, 0.05) is 18.8 Å². The molecule has 1 heterocycles. The fourth-order valence-corrected chi connectivity index (χ4v) is 4.97. The smallest absolute Gasteiger partial charge is 0.271 e. The molecule has 0 atom stereocenters. The highest BCUT2D eigenvalue weighted by Crippen LogP contribution is 2.21. The molecular weight excluding hydrogens is 430 g/mol. The van der Waals surface area contributed by atoms with Gasteiger partial charge >= 0.3 is 0 Å². The number of rotatable bonds is 9. The summed E-state index contributed by atoms with van der Waals surface area (Å²) in [6.45, 7) is 4.54. The highest BCUT2D eigenvalue weighted by molar-refractivity contribution is 7.94. The van der Waals surface area contributed by atoms with E-state index in [0.717, 1.165) is 22.5 Å². The van der Waals surface area contributed by atoms with Crippen LogP contribution >= 0.6 is 11.3 Å². The molecule has 0 saturated heterocycles. The van der Waals surface area contributed by atoms with Gasteiger partial charge < -0.3 is 4.90 Å². The minimum absolute atomic E-state index is 0.0730. The number of anilines is 1. The van der Waals surface area contributed by atoms with Crippen LogP contribution in [0.3, 0.4) is 0 Å². The summed E-state index contributed by atoms with van der Waals surface area (Å²) in [6, 6.07) is 19.2. The fraction of sp³-hybridized carbons (Fsp3) is 0.130. The largest absolute Gasteiger partial charge is 0.334 e. The van der Waals surface area contributed by atoms with E-state index in [1.165, 1.54) is 0 Å². The number of amides is 1. The van der Waals surface area contributed by atoms with Gasteiger partial charge in [-0.15, -0.1) is 17.9 Å². The van der Waals surface area contributed by atoms with E-state index in [9.17, 15) is 13.2 Å². The number of hydrogen-bond donors (Lipinski definition) is 1. The molecule has 0 fully saturated rings. The first kappa shape index (κ1) is 22.3. The van der Waals surface area contributed by atoms with Gasteiger partial charge in [0.25, 0.3) is 10.0 Å². The lowest BCUT2D eigenvalue weighted by molar-refractivity contribution is -0.130. The van der Waals surface area contributed by atoms with Crippen LogP contribution in [0.15, 0.2) is 82.9 Å². The van der Waals surface area contributed by atoms with E-state index >= 15 is 0 Å². The standard InChI is InChI=1S/C23H21N3O3S2/c1-2-13-26(17-20-7-5-19(16-24)6-8-20)22(27)15-18-9-11-21(12-10-18)25-31(28,29)23-4-3-14-30-23/h2-12,14,25H,1,13,15,17H2. The van der Waals surface area contributed by atoms with Crippen molar-refractivity contribution in [1.29, 1.82) is 5.26 Å². The molecule has 158 valence electrons. The van der Waals surface area contributed by atoms with Gasteiger partial charge in [0.2, 0.25) is 5.91 Å². The summed E-state index contributed by atoms with van der Waals surface area (Å²) >= 11 is 1.15. The molecule has 1 aromatic heterocycles. The maximum atomic E-state index is 12.8. The first-order valence-electron chi connectivity index (χ1n) is 9.44. The lowest BCUT2D eigenvalue weighted by atomic mass is 10.1. The maximum Gasteiger partial charge on any atom is 0.271 e. The van der Waals surface area contributed by atoms with Gasteiger partial charge in [0.05, 0.1) is 18.1 Å². The Morgan fingerprint density at radius 3 is 2.35 bits per heavy atom. The van der Waals surface area contributed by atoms with Crippen LogP contribution in [0.25, 0.3) is 0 Å². The predicted molar refractivity (Wildman–Crippen MR) is 122 cm³/mol. The van der Waals surface area contributed by atoms with Crippen LogP contribution in [0.5, 0.6) is 0 Å². The third-order valence-electron chi connectivity index (χ3n) is 4.48. The number of hydrogen-bond acceptors (Lipinski definition) is 5. The van der Waals surface area contributed by atoms with Gasteiger partial charge in [0.15, 0.2) is 0 Å². The van der Waals surface area contributed by atoms with Gasteiger partial charge in [-0.05, 0) is 46.8 Å². The summed E-state index contributed by atoms with van der Waals surface area (Å²) in [5, 5.41) is 10.6. The van der Waals surface area contributed by atoms with E-state index < -0.39 is 10.0 Å². The van der Waals surface area contributed by atoms with Crippen molar-refractivity contribution in [2.24, 2.45) is 0 Å². The van der Waals surface area contributed by atoms with Crippen molar-refractivity contribution in [3.05, 3.63) is 95.4 Å². The summed E-state index contributed by atoms with van der Waals surface area (Å²) in [6.07, 6.45) is 1.85. The number of benzene rings is 2. The van der Waals surface area contributed by atoms with Crippen LogP contribution in [-0.2, 0) is 27.8 Å². The first-order valence-corrected chi connectivity index (χ1v) is 11.8. The molecule has 0 aliphatic heterocycles. The predicted octanol–water partition coefficient (Wildman–Crippen LogP) is 4.18. The average molecular weight is 452 g/mol. The molecule has 8 heteroatoms. The molecule has 0 saturated carbocycles. The van der Waals surface area contributed by atoms with E-state index in [1.54, 1.807) is 64.9 Å². The number of nitriles is 1. The highest BCUT2D eigenvalue weighted by atomic mass is 32.2. The van der Waals surface area contributed by atoms with Crippen LogP contribution in [-0.4, -0.2) is 25.8 Å². The SMILES string of the molecule is C=CCN(Cc1ccc(C#N)cc1)C(=O)Cc1ccc(NS(=O)(=O)c2cccs2)cc1. The Balaban J connectivity index is 1.64. The number of carbonyl (C=O) groups is 1. The Bertz CT molecular complexity index is 1180. The molecule has 0 aliphatic rings. The molecule has 1 amide bonds. The van der Waals surface area contributed by atoms with Crippen molar-refractivity contribution in [2.45, 2.75) is 17.2 Å². The molecule has 0 radical (unpaired) electrons. The number of carbonyl (C=O) groups excluding carboxylic acids is 1. The van der Waals surface area contributed by atoms with Gasteiger partial charge in [-0.2, -0.15) is 5.26 Å². The van der Waals surface area contributed by atoms with Crippen LogP contribution in [0.4, 0.5) is 5.69 Å². The summed E-state index contributed by atoms with van der Waals surface area (Å²) in [4.78, 5) is 14.5. The van der Waals surface area contributed by atoms with Crippen molar-refractivity contribution >= 4 is 33.0 Å². The van der Waals surface area contributed by atoms with Crippen molar-refractivity contribution in [1.82, 2.24) is 4.90 Å². The second kappa shape index (κ2) is 10.1. The molecule has 3 aromatic rings. The molecule has 3 rings (SSSR count). The minimum atomic E-state index is -3.60. The Labute approximate surface area is 186 Å². The lowest BCUT2D eigenvalue weighted by Gasteiger charge is -2.21. The maximum absolute atomic E-state index is 12.8. The second-order valence-corrected chi connectivity index (χ2v) is 9.64. The molecule has 1 N–H and O–H groups in total. The van der Waals surface area contributed by atoms with Crippen molar-refractivity contribution in [2.75, 3.05) is 11.3 Å². The number of nitrogens with zero attached hydrogens (tertiary/aromatic N) is 2. The molecule has 31 heavy (non-hydrogen) atoms. The molecule has 0 bridgehead atoms. The van der Waals surface area contributed by atoms with Gasteiger partial charge in [-0.1, -0.05) is 36.4 Å². The molecular formula is C23H21N3O3S2. The zero-order valence-corrected chi connectivity index (χ0v) is 18.3. The van der Waals surface area contributed by atoms with Crippen LogP contribution in [0, 0.1) is 11.3 Å². The Morgan fingerprint density at radius 2 is 1.77 bits per heavy atom. The molecule has 0 spiro atoms. The van der Waals surface area contributed by atoms with E-state index in [2.05, 4.69) is 17.4 Å². The highest BCUT2D eigenvalue weighted by Gasteiger charge is 2.16. The lowest BCUT2D eigenvalue weighted by Crippen LogP contribution is -2.32. The van der Waals surface area contributed by atoms with E-state index in [-0.39, 0.29) is 16.5 Å². The fourth-order valence-electron chi connectivity index (χ4n) is 2.91. The normalized spacial score (nSPS) is 10.8. The summed E-state index contributed by atoms with van der Waals surface area (Å²) < 4.78 is 27.4. The molecule has 6 nitrogen and oxygen atoms in total. The molecule has 2 aromatic carbocycles. The van der Waals surface area contributed by atoms with Crippen LogP contribution in [0.1, 0.15) is 16.7 Å². The van der Waals surface area contributed by atoms with Crippen LogP contribution in [0.2, 0.25) is 0 Å². The van der Waals surface area contributed by atoms with E-state index in [0.29, 0.717) is 24.3 Å². The zero-order chi connectivity index (χ0) is 22.3. The topological polar surface area (TPSA) is 90.3 Å². The third kappa shape index (κ3) is 6.04. The van der Waals surface area contributed by atoms with Crippen molar-refractivity contribution in [3.8, 4) is 6.07 Å². The zero-order valence-electron chi connectivity index (χ0n) is 16.7. The third-order valence-corrected chi connectivity index (χ3v) is 7.26. The Hall–Kier alpha value is -3.41. The van der Waals surface area contributed by atoms with Crippen LogP contribution < -0.4 is 4.72 Å². The van der Waals surface area contributed by atoms with Crippen molar-refractivity contribution < 1.29 is 13.2 Å². The number of nitrogens with one attached hydrogen (secondary N) is 1. The second-order valence-electron chi connectivity index (χ2n) is 6.78. The summed E-state index contributed by atoms with van der Waals surface area (Å²) in [7, 11) is -3.60. The molecule has 0 unspecified atom stereocenters. The van der Waals surface area contributed by atoms with E-state index in [4.69, 9.17) is 5.26 Å². The van der Waals surface area contributed by atoms with Gasteiger partial charge in [-0.3, -0.25) is 9.52 Å². The number of sulfonamides is 1. The Kier molecular flexibility index (Phi) is 7.23. The minimum Gasteiger partial charge on any atom is -0.334 e. The molecule has 0 aliphatic carbocycles. The van der Waals surface area contributed by atoms with Crippen molar-refractivity contribution in [3.63, 3.8) is 0 Å². The Morgan fingerprint density at radius 1 is 1.10 bits per heavy atom. The summed E-state index contributed by atoms with van der Waals surface area (Å²) in [5.74, 6) is -0.0730. The summed E-state index contributed by atoms with van der Waals surface area (Å²) in [5.41, 5.74) is 2.70. The van der Waals surface area contributed by atoms with Gasteiger partial charge in [-0.25, -0.2) is 8.42 Å². The first-order chi connectivity index (χ1) is 14.9.